The number of likely N-dealkylation sites (tertiary alicyclic amines) is 1. The van der Waals surface area contributed by atoms with Crippen molar-refractivity contribution in [3.05, 3.63) is 48.0 Å². The Hall–Kier alpha value is -6.05. The molecule has 0 bridgehead atoms. The van der Waals surface area contributed by atoms with Gasteiger partial charge in [-0.25, -0.2) is 9.78 Å². The van der Waals surface area contributed by atoms with Crippen LogP contribution in [0.1, 0.15) is 85.4 Å². The molecule has 6 amide bonds. The molecule has 1 aromatic carbocycles. The first-order valence-corrected chi connectivity index (χ1v) is 20.9. The molecule has 1 fully saturated rings. The fourth-order valence-corrected chi connectivity index (χ4v) is 6.73. The highest BCUT2D eigenvalue weighted by atomic mass is 16.4. The number of amides is 6. The van der Waals surface area contributed by atoms with Crippen LogP contribution in [0.3, 0.4) is 0 Å². The molecule has 20 nitrogen and oxygen atoms in total. The van der Waals surface area contributed by atoms with Crippen molar-refractivity contribution in [2.75, 3.05) is 20.1 Å². The van der Waals surface area contributed by atoms with Crippen molar-refractivity contribution in [2.24, 2.45) is 17.8 Å². The number of benzene rings is 1. The summed E-state index contributed by atoms with van der Waals surface area (Å²) >= 11 is 0. The van der Waals surface area contributed by atoms with Gasteiger partial charge in [-0.3, -0.25) is 33.6 Å². The second-order valence-corrected chi connectivity index (χ2v) is 15.9. The largest absolute Gasteiger partial charge is 0.508 e. The number of carbonyl (C=O) groups excluding carboxylic acids is 6. The molecule has 0 aliphatic carbocycles. The third kappa shape index (κ3) is 16.4. The van der Waals surface area contributed by atoms with Gasteiger partial charge in [0.05, 0.1) is 12.9 Å². The van der Waals surface area contributed by atoms with E-state index in [1.165, 1.54) is 29.6 Å². The molecular weight excluding hydrogens is 807 g/mol. The topological polar surface area (TPSA) is 301 Å². The first-order valence-electron chi connectivity index (χ1n) is 20.9. The molecule has 1 saturated heterocycles. The van der Waals surface area contributed by atoms with Gasteiger partial charge in [-0.1, -0.05) is 66.5 Å². The predicted octanol–water partition coefficient (Wildman–Crippen LogP) is 0.459. The third-order valence-electron chi connectivity index (χ3n) is 10.6. The maximum absolute atomic E-state index is 14.3. The molecular formula is C42H65N9O11. The molecule has 10 N–H and O–H groups in total. The van der Waals surface area contributed by atoms with E-state index in [9.17, 15) is 43.8 Å². The number of nitrogens with one attached hydrogen (secondary N) is 7. The van der Waals surface area contributed by atoms with Crippen LogP contribution in [0.25, 0.3) is 0 Å². The normalized spacial score (nSPS) is 16.8. The van der Waals surface area contributed by atoms with Crippen molar-refractivity contribution in [1.82, 2.24) is 46.8 Å². The monoisotopic (exact) mass is 871 g/mol. The van der Waals surface area contributed by atoms with Crippen molar-refractivity contribution < 1.29 is 53.7 Å². The predicted molar refractivity (Wildman–Crippen MR) is 227 cm³/mol. The molecule has 1 aromatic heterocycles. The Balaban J connectivity index is 0.00000316. The number of phenolic OH excluding ortho intramolecular Hbond substituents is 1. The zero-order valence-corrected chi connectivity index (χ0v) is 36.8. The number of carboxylic acids is 2. The van der Waals surface area contributed by atoms with Crippen LogP contribution < -0.4 is 31.9 Å². The molecule has 0 unspecified atom stereocenters. The Morgan fingerprint density at radius 3 is 1.90 bits per heavy atom. The molecule has 8 atom stereocenters. The number of H-pyrrole nitrogens is 1. The van der Waals surface area contributed by atoms with Crippen molar-refractivity contribution in [2.45, 2.75) is 123 Å². The van der Waals surface area contributed by atoms with Gasteiger partial charge < -0.3 is 57.1 Å². The highest BCUT2D eigenvalue weighted by Crippen LogP contribution is 2.21. The van der Waals surface area contributed by atoms with Crippen molar-refractivity contribution in [3.8, 4) is 5.75 Å². The van der Waals surface area contributed by atoms with Gasteiger partial charge in [0.25, 0.3) is 5.97 Å². The SMILES string of the molecule is CC(=O)O.CC[C@H](C)[C@H](NC(=O)[C@@H]1CCCN1C(=O)[C@H](Cc1cnc[nH]1)NC(=O)[C@@H](NC(=O)[C@H](Cc1ccc(O)cc1)NC(=O)[C@@H](NC(=O)CNC)C(C)C)[C@@H](C)CC)C(=O)O. The summed E-state index contributed by atoms with van der Waals surface area (Å²) in [7, 11) is 1.59. The summed E-state index contributed by atoms with van der Waals surface area (Å²) in [6.07, 6.45) is 4.59. The Bertz CT molecular complexity index is 1800. The number of nitrogens with zero attached hydrogens (tertiary/aromatic N) is 2. The molecule has 0 spiro atoms. The lowest BCUT2D eigenvalue weighted by Crippen LogP contribution is -2.61. The van der Waals surface area contributed by atoms with E-state index in [2.05, 4.69) is 41.9 Å². The lowest BCUT2D eigenvalue weighted by Gasteiger charge is -2.32. The zero-order chi connectivity index (χ0) is 46.7. The smallest absolute Gasteiger partial charge is 0.326 e. The Morgan fingerprint density at radius 2 is 1.37 bits per heavy atom. The summed E-state index contributed by atoms with van der Waals surface area (Å²) in [5.74, 6) is -6.75. The van der Waals surface area contributed by atoms with Gasteiger partial charge >= 0.3 is 5.97 Å². The number of aromatic hydroxyl groups is 1. The summed E-state index contributed by atoms with van der Waals surface area (Å²) < 4.78 is 0. The van der Waals surface area contributed by atoms with E-state index in [0.29, 0.717) is 36.9 Å². The first kappa shape index (κ1) is 52.1. The van der Waals surface area contributed by atoms with E-state index in [0.717, 1.165) is 6.92 Å². The fourth-order valence-electron chi connectivity index (χ4n) is 6.73. The Kier molecular flexibility index (Phi) is 21.6. The lowest BCUT2D eigenvalue weighted by molar-refractivity contribution is -0.146. The van der Waals surface area contributed by atoms with E-state index in [4.69, 9.17) is 9.90 Å². The van der Waals surface area contributed by atoms with E-state index >= 15 is 0 Å². The number of carboxylic acid groups (broad SMARTS) is 2. The molecule has 1 aliphatic rings. The van der Waals surface area contributed by atoms with Crippen LogP contribution in [0.2, 0.25) is 0 Å². The number of rotatable bonds is 22. The van der Waals surface area contributed by atoms with Gasteiger partial charge in [0.1, 0.15) is 42.0 Å². The minimum atomic E-state index is -1.23. The van der Waals surface area contributed by atoms with Crippen LogP contribution in [0, 0.1) is 17.8 Å². The zero-order valence-electron chi connectivity index (χ0n) is 36.8. The highest BCUT2D eigenvalue weighted by molar-refractivity contribution is 5.97. The van der Waals surface area contributed by atoms with E-state index in [1.54, 1.807) is 46.9 Å². The Labute approximate surface area is 362 Å². The summed E-state index contributed by atoms with van der Waals surface area (Å²) in [6, 6.07) is -0.646. The number of hydrogen-bond donors (Lipinski definition) is 10. The molecule has 20 heteroatoms. The van der Waals surface area contributed by atoms with Crippen molar-refractivity contribution in [1.29, 1.82) is 0 Å². The molecule has 0 radical (unpaired) electrons. The number of aromatic nitrogens is 2. The molecule has 2 aromatic rings. The minimum absolute atomic E-state index is 0.00469. The van der Waals surface area contributed by atoms with Gasteiger partial charge in [-0.2, -0.15) is 0 Å². The number of aromatic amines is 1. The quantitative estimate of drug-likeness (QED) is 0.0771. The van der Waals surface area contributed by atoms with Gasteiger partial charge in [-0.15, -0.1) is 0 Å². The number of likely N-dealkylation sites (N-methyl/N-ethyl adjacent to an activating group) is 1. The Morgan fingerprint density at radius 1 is 0.790 bits per heavy atom. The van der Waals surface area contributed by atoms with E-state index in [-0.39, 0.29) is 43.5 Å². The third-order valence-corrected chi connectivity index (χ3v) is 10.6. The standard InChI is InChI=1S/C40H61N9O9.C2H4O2/c1-8-23(5)33(47-35(52)28(17-25-12-14-27(50)15-13-25)44-37(54)32(22(3)4)46-31(51)20-41-7)38(55)45-29(18-26-19-42-21-43-26)39(56)49-16-10-11-30(49)36(53)48-34(40(57)58)24(6)9-2;1-2(3)4/h12-15,19,21-24,28-30,32-34,41,50H,8-11,16-18,20H2,1-7H3,(H,42,43)(H,44,54)(H,45,55)(H,46,51)(H,47,52)(H,48,53)(H,57,58);1H3,(H,3,4)/t23-,24-,28-,29-,30-,32-,33-,34-;/m0./s1. The molecule has 2 heterocycles. The van der Waals surface area contributed by atoms with Crippen molar-refractivity contribution >= 4 is 47.4 Å². The van der Waals surface area contributed by atoms with E-state index < -0.39 is 89.6 Å². The molecule has 344 valence electrons. The summed E-state index contributed by atoms with van der Waals surface area (Å²) in [5, 5.41) is 43.4. The first-order chi connectivity index (χ1) is 29.2. The number of phenols is 1. The summed E-state index contributed by atoms with van der Waals surface area (Å²) in [4.78, 5) is 112. The number of hydrogen-bond acceptors (Lipinski definition) is 11. The van der Waals surface area contributed by atoms with Crippen LogP contribution in [0.4, 0.5) is 0 Å². The van der Waals surface area contributed by atoms with Crippen LogP contribution in [0.5, 0.6) is 5.75 Å². The van der Waals surface area contributed by atoms with Gasteiger partial charge in [0.15, 0.2) is 0 Å². The molecule has 3 rings (SSSR count). The summed E-state index contributed by atoms with van der Waals surface area (Å²) in [6.45, 7) is 11.9. The minimum Gasteiger partial charge on any atom is -0.508 e. The average Bonchev–Trinajstić information content (AvgIpc) is 3.93. The second-order valence-electron chi connectivity index (χ2n) is 15.9. The van der Waals surface area contributed by atoms with Gasteiger partial charge in [0, 0.05) is 38.2 Å². The van der Waals surface area contributed by atoms with Gasteiger partial charge in [0.2, 0.25) is 35.4 Å². The number of aliphatic carboxylic acids is 2. The maximum Gasteiger partial charge on any atom is 0.326 e. The molecule has 1 aliphatic heterocycles. The van der Waals surface area contributed by atoms with Crippen molar-refractivity contribution in [3.63, 3.8) is 0 Å². The van der Waals surface area contributed by atoms with E-state index in [1.807, 2.05) is 13.8 Å². The lowest BCUT2D eigenvalue weighted by atomic mass is 9.96. The highest BCUT2D eigenvalue weighted by Gasteiger charge is 2.41. The second kappa shape index (κ2) is 25.7. The number of imidazole rings is 1. The van der Waals surface area contributed by atoms with Crippen LogP contribution in [-0.2, 0) is 51.2 Å². The van der Waals surface area contributed by atoms with Crippen LogP contribution in [0.15, 0.2) is 36.8 Å². The number of carbonyl (C=O) groups is 8. The fraction of sp³-hybridized carbons (Fsp3) is 0.595. The summed E-state index contributed by atoms with van der Waals surface area (Å²) in [5.41, 5.74) is 1.11. The van der Waals surface area contributed by atoms with Crippen LogP contribution in [-0.4, -0.2) is 134 Å². The molecule has 62 heavy (non-hydrogen) atoms. The molecule has 0 saturated carbocycles. The van der Waals surface area contributed by atoms with Gasteiger partial charge in [-0.05, 0) is 55.3 Å². The average molecular weight is 872 g/mol. The maximum atomic E-state index is 14.3. The van der Waals surface area contributed by atoms with Crippen LogP contribution >= 0.6 is 0 Å².